The molecule has 0 spiro atoms. The van der Waals surface area contributed by atoms with Crippen LogP contribution >= 0.6 is 0 Å². The van der Waals surface area contributed by atoms with Crippen LogP contribution in [0.25, 0.3) is 5.69 Å². The maximum Gasteiger partial charge on any atom is 0.257 e. The van der Waals surface area contributed by atoms with Gasteiger partial charge in [0.2, 0.25) is 0 Å². The van der Waals surface area contributed by atoms with Crippen molar-refractivity contribution in [3.8, 4) is 11.4 Å². The Balaban J connectivity index is 1.91. The molecule has 1 heterocycles. The second-order valence-corrected chi connectivity index (χ2v) is 7.17. The maximum absolute atomic E-state index is 13.0. The van der Waals surface area contributed by atoms with Crippen molar-refractivity contribution in [3.63, 3.8) is 0 Å². The summed E-state index contributed by atoms with van der Waals surface area (Å²) in [5, 5.41) is 3.05. The van der Waals surface area contributed by atoms with E-state index >= 15 is 0 Å². The Kier molecular flexibility index (Phi) is 5.45. The van der Waals surface area contributed by atoms with Crippen LogP contribution in [0, 0.1) is 20.8 Å². The third kappa shape index (κ3) is 3.74. The number of carbonyl (C=O) groups excluding carboxylic acids is 1. The zero-order valence-electron chi connectivity index (χ0n) is 17.3. The van der Waals surface area contributed by atoms with Gasteiger partial charge in [-0.2, -0.15) is 0 Å². The van der Waals surface area contributed by atoms with Crippen molar-refractivity contribution in [2.45, 2.75) is 20.8 Å². The van der Waals surface area contributed by atoms with Gasteiger partial charge in [-0.25, -0.2) is 0 Å². The van der Waals surface area contributed by atoms with Crippen molar-refractivity contribution in [3.05, 3.63) is 71.0 Å². The molecule has 1 amide bonds. The van der Waals surface area contributed by atoms with Gasteiger partial charge in [0.05, 0.1) is 12.7 Å². The molecular formula is C23H27N3O2. The van der Waals surface area contributed by atoms with Crippen molar-refractivity contribution in [2.75, 3.05) is 31.4 Å². The minimum atomic E-state index is -0.108. The number of aromatic nitrogens is 1. The standard InChI is InChI=1S/C23H27N3O2/c1-15-12-18(25(4)5)10-11-22(15)24-23(27)21-13-16(2)26(17(21)3)19-8-7-9-20(14-19)28-6/h7-14H,1-6H3,(H,24,27). The van der Waals surface area contributed by atoms with Gasteiger partial charge >= 0.3 is 0 Å². The van der Waals surface area contributed by atoms with E-state index in [1.54, 1.807) is 7.11 Å². The Labute approximate surface area is 166 Å². The fourth-order valence-corrected chi connectivity index (χ4v) is 3.40. The summed E-state index contributed by atoms with van der Waals surface area (Å²) in [4.78, 5) is 15.0. The van der Waals surface area contributed by atoms with Gasteiger partial charge in [0.1, 0.15) is 5.75 Å². The average Bonchev–Trinajstić information content (AvgIpc) is 2.97. The van der Waals surface area contributed by atoms with E-state index in [0.29, 0.717) is 5.56 Å². The zero-order chi connectivity index (χ0) is 20.4. The molecule has 2 aromatic carbocycles. The Bertz CT molecular complexity index is 1020. The molecule has 3 aromatic rings. The van der Waals surface area contributed by atoms with Crippen molar-refractivity contribution < 1.29 is 9.53 Å². The minimum Gasteiger partial charge on any atom is -0.497 e. The molecule has 28 heavy (non-hydrogen) atoms. The predicted molar refractivity (Wildman–Crippen MR) is 115 cm³/mol. The van der Waals surface area contributed by atoms with E-state index < -0.39 is 0 Å². The van der Waals surface area contributed by atoms with Crippen molar-refractivity contribution >= 4 is 17.3 Å². The molecule has 5 nitrogen and oxygen atoms in total. The number of hydrogen-bond donors (Lipinski definition) is 1. The number of benzene rings is 2. The fourth-order valence-electron chi connectivity index (χ4n) is 3.40. The van der Waals surface area contributed by atoms with E-state index in [4.69, 9.17) is 4.74 Å². The normalized spacial score (nSPS) is 10.6. The van der Waals surface area contributed by atoms with Crippen LogP contribution in [0.5, 0.6) is 5.75 Å². The van der Waals surface area contributed by atoms with Crippen molar-refractivity contribution in [2.24, 2.45) is 0 Å². The number of anilines is 2. The quantitative estimate of drug-likeness (QED) is 0.699. The summed E-state index contributed by atoms with van der Waals surface area (Å²) in [6.45, 7) is 5.96. The highest BCUT2D eigenvalue weighted by molar-refractivity contribution is 6.05. The van der Waals surface area contributed by atoms with Gasteiger partial charge in [-0.05, 0) is 62.7 Å². The monoisotopic (exact) mass is 377 g/mol. The van der Waals surface area contributed by atoms with Crippen LogP contribution in [0.4, 0.5) is 11.4 Å². The Morgan fingerprint density at radius 1 is 1.04 bits per heavy atom. The van der Waals surface area contributed by atoms with Gasteiger partial charge in [0.25, 0.3) is 5.91 Å². The molecule has 146 valence electrons. The maximum atomic E-state index is 13.0. The second kappa shape index (κ2) is 7.80. The van der Waals surface area contributed by atoms with E-state index in [-0.39, 0.29) is 5.91 Å². The molecule has 1 aromatic heterocycles. The van der Waals surface area contributed by atoms with Crippen molar-refractivity contribution in [1.29, 1.82) is 0 Å². The number of nitrogens with one attached hydrogen (secondary N) is 1. The molecule has 3 rings (SSSR count). The number of hydrogen-bond acceptors (Lipinski definition) is 3. The number of rotatable bonds is 5. The van der Waals surface area contributed by atoms with Crippen LogP contribution in [0.15, 0.2) is 48.5 Å². The summed E-state index contributed by atoms with van der Waals surface area (Å²) in [6, 6.07) is 15.8. The molecular weight excluding hydrogens is 350 g/mol. The first-order valence-electron chi connectivity index (χ1n) is 9.24. The SMILES string of the molecule is COc1cccc(-n2c(C)cc(C(=O)Nc3ccc(N(C)C)cc3C)c2C)c1. The van der Waals surface area contributed by atoms with Crippen LogP contribution in [0.3, 0.4) is 0 Å². The molecule has 0 saturated heterocycles. The van der Waals surface area contributed by atoms with E-state index in [0.717, 1.165) is 39.8 Å². The van der Waals surface area contributed by atoms with E-state index in [1.807, 2.05) is 82.2 Å². The predicted octanol–water partition coefficient (Wildman–Crippen LogP) is 4.73. The van der Waals surface area contributed by atoms with Gasteiger partial charge in [0.15, 0.2) is 0 Å². The zero-order valence-corrected chi connectivity index (χ0v) is 17.3. The van der Waals surface area contributed by atoms with E-state index in [9.17, 15) is 4.79 Å². The van der Waals surface area contributed by atoms with Gasteiger partial charge in [-0.3, -0.25) is 4.79 Å². The van der Waals surface area contributed by atoms with Crippen LogP contribution in [0.1, 0.15) is 27.3 Å². The number of aryl methyl sites for hydroxylation is 2. The first kappa shape index (κ1) is 19.5. The molecule has 5 heteroatoms. The lowest BCUT2D eigenvalue weighted by Crippen LogP contribution is -2.15. The summed E-state index contributed by atoms with van der Waals surface area (Å²) in [6.07, 6.45) is 0. The molecule has 0 unspecified atom stereocenters. The van der Waals surface area contributed by atoms with Crippen LogP contribution < -0.4 is 15.0 Å². The molecule has 0 fully saturated rings. The lowest BCUT2D eigenvalue weighted by molar-refractivity contribution is 0.102. The number of amides is 1. The third-order valence-corrected chi connectivity index (χ3v) is 4.96. The Morgan fingerprint density at radius 2 is 1.79 bits per heavy atom. The van der Waals surface area contributed by atoms with Gasteiger partial charge in [0, 0.05) is 48.6 Å². The second-order valence-electron chi connectivity index (χ2n) is 7.17. The first-order valence-corrected chi connectivity index (χ1v) is 9.24. The van der Waals surface area contributed by atoms with Crippen LogP contribution in [-0.2, 0) is 0 Å². The number of ether oxygens (including phenoxy) is 1. The molecule has 1 N–H and O–H groups in total. The van der Waals surface area contributed by atoms with Gasteiger partial charge in [-0.15, -0.1) is 0 Å². The molecule has 0 atom stereocenters. The molecule has 0 saturated carbocycles. The lowest BCUT2D eigenvalue weighted by atomic mass is 10.1. The number of nitrogens with zero attached hydrogens (tertiary/aromatic N) is 2. The summed E-state index contributed by atoms with van der Waals surface area (Å²) in [5.41, 5.74) is 6.48. The minimum absolute atomic E-state index is 0.108. The first-order chi connectivity index (χ1) is 13.3. The van der Waals surface area contributed by atoms with Crippen LogP contribution in [-0.4, -0.2) is 31.7 Å². The molecule has 0 bridgehead atoms. The molecule has 0 aliphatic heterocycles. The summed E-state index contributed by atoms with van der Waals surface area (Å²) < 4.78 is 7.40. The smallest absolute Gasteiger partial charge is 0.257 e. The van der Waals surface area contributed by atoms with E-state index in [2.05, 4.69) is 16.0 Å². The Hall–Kier alpha value is -3.21. The summed E-state index contributed by atoms with van der Waals surface area (Å²) in [7, 11) is 5.65. The lowest BCUT2D eigenvalue weighted by Gasteiger charge is -2.15. The molecule has 0 aliphatic rings. The van der Waals surface area contributed by atoms with Crippen LogP contribution in [0.2, 0.25) is 0 Å². The Morgan fingerprint density at radius 3 is 2.43 bits per heavy atom. The molecule has 0 aliphatic carbocycles. The number of methoxy groups -OCH3 is 1. The molecule has 0 radical (unpaired) electrons. The topological polar surface area (TPSA) is 46.5 Å². The third-order valence-electron chi connectivity index (χ3n) is 4.96. The highest BCUT2D eigenvalue weighted by Crippen LogP contribution is 2.26. The van der Waals surface area contributed by atoms with Gasteiger partial charge < -0.3 is 19.5 Å². The van der Waals surface area contributed by atoms with Crippen molar-refractivity contribution in [1.82, 2.24) is 4.57 Å². The summed E-state index contributed by atoms with van der Waals surface area (Å²) >= 11 is 0. The fraction of sp³-hybridized carbons (Fsp3) is 0.261. The largest absolute Gasteiger partial charge is 0.497 e. The van der Waals surface area contributed by atoms with E-state index in [1.165, 1.54) is 0 Å². The average molecular weight is 377 g/mol. The highest BCUT2D eigenvalue weighted by atomic mass is 16.5. The highest BCUT2D eigenvalue weighted by Gasteiger charge is 2.18. The van der Waals surface area contributed by atoms with Gasteiger partial charge in [-0.1, -0.05) is 6.07 Å². The number of carbonyl (C=O) groups is 1. The summed E-state index contributed by atoms with van der Waals surface area (Å²) in [5.74, 6) is 0.676.